The molecule has 0 atom stereocenters. The molecule has 0 spiro atoms. The molecule has 0 aliphatic rings. The van der Waals surface area contributed by atoms with Crippen molar-refractivity contribution in [3.63, 3.8) is 0 Å². The number of rotatable bonds is 5. The molecule has 0 unspecified atom stereocenters. The Hall–Kier alpha value is -2.67. The summed E-state index contributed by atoms with van der Waals surface area (Å²) in [5.41, 5.74) is 3.11. The Labute approximate surface area is 151 Å². The van der Waals surface area contributed by atoms with Crippen LogP contribution in [0, 0.1) is 18.6 Å². The van der Waals surface area contributed by atoms with Crippen LogP contribution >= 0.6 is 12.2 Å². The molecule has 0 bridgehead atoms. The van der Waals surface area contributed by atoms with Crippen LogP contribution in [0.1, 0.15) is 23.9 Å². The van der Waals surface area contributed by atoms with E-state index in [2.05, 4.69) is 10.4 Å². The number of anilines is 1. The van der Waals surface area contributed by atoms with Gasteiger partial charge in [-0.25, -0.2) is 9.36 Å². The van der Waals surface area contributed by atoms with Crippen LogP contribution < -0.4 is 5.32 Å². The highest BCUT2D eigenvalue weighted by molar-refractivity contribution is 7.71. The van der Waals surface area contributed by atoms with Crippen LogP contribution in [0.5, 0.6) is 0 Å². The van der Waals surface area contributed by atoms with E-state index in [4.69, 9.17) is 12.2 Å². The van der Waals surface area contributed by atoms with Gasteiger partial charge in [-0.15, -0.1) is 0 Å². The molecule has 0 radical (unpaired) electrons. The molecule has 1 N–H and O–H groups in total. The summed E-state index contributed by atoms with van der Waals surface area (Å²) in [6.07, 6.45) is 4.51. The van der Waals surface area contributed by atoms with E-state index >= 15 is 0 Å². The molecule has 0 saturated carbocycles. The highest BCUT2D eigenvalue weighted by Gasteiger charge is 2.13. The van der Waals surface area contributed by atoms with Crippen molar-refractivity contribution in [2.24, 2.45) is 0 Å². The van der Waals surface area contributed by atoms with Gasteiger partial charge in [-0.1, -0.05) is 13.0 Å². The van der Waals surface area contributed by atoms with Crippen LogP contribution in [0.15, 0.2) is 42.7 Å². The third kappa shape index (κ3) is 3.56. The molecule has 1 amide bonds. The maximum atomic E-state index is 12.4. The summed E-state index contributed by atoms with van der Waals surface area (Å²) in [4.78, 5) is 12.4. The zero-order valence-corrected chi connectivity index (χ0v) is 15.4. The van der Waals surface area contributed by atoms with E-state index in [9.17, 15) is 4.79 Å². The van der Waals surface area contributed by atoms with Crippen molar-refractivity contribution in [1.82, 2.24) is 19.1 Å². The number of aryl methyl sites for hydroxylation is 3. The number of nitrogens with zero attached hydrogens (tertiary/aromatic N) is 4. The Morgan fingerprint density at radius 3 is 2.56 bits per heavy atom. The molecule has 0 fully saturated rings. The van der Waals surface area contributed by atoms with Crippen molar-refractivity contribution in [2.75, 3.05) is 5.32 Å². The van der Waals surface area contributed by atoms with E-state index in [-0.39, 0.29) is 12.5 Å². The Morgan fingerprint density at radius 2 is 1.92 bits per heavy atom. The second-order valence-electron chi connectivity index (χ2n) is 5.93. The molecule has 0 aliphatic heterocycles. The normalized spacial score (nSPS) is 10.8. The molecule has 3 aromatic rings. The van der Waals surface area contributed by atoms with E-state index in [0.29, 0.717) is 11.2 Å². The van der Waals surface area contributed by atoms with E-state index in [1.165, 1.54) is 5.56 Å². The van der Waals surface area contributed by atoms with Crippen LogP contribution in [-0.4, -0.2) is 25.0 Å². The van der Waals surface area contributed by atoms with Crippen molar-refractivity contribution in [2.45, 2.75) is 33.7 Å². The fraction of sp³-hybridized carbons (Fsp3) is 0.278. The van der Waals surface area contributed by atoms with E-state index in [0.717, 1.165) is 17.1 Å². The van der Waals surface area contributed by atoms with Crippen molar-refractivity contribution < 1.29 is 4.79 Å². The van der Waals surface area contributed by atoms with E-state index in [1.54, 1.807) is 4.68 Å². The molecule has 6 nitrogen and oxygen atoms in total. The maximum absolute atomic E-state index is 12.4. The molecule has 130 valence electrons. The lowest BCUT2D eigenvalue weighted by Gasteiger charge is -2.08. The quantitative estimate of drug-likeness (QED) is 0.714. The zero-order valence-electron chi connectivity index (χ0n) is 14.6. The number of aromatic nitrogens is 4. The zero-order chi connectivity index (χ0) is 18.0. The van der Waals surface area contributed by atoms with Gasteiger partial charge >= 0.3 is 0 Å². The fourth-order valence-corrected chi connectivity index (χ4v) is 2.92. The lowest BCUT2D eigenvalue weighted by molar-refractivity contribution is -0.116. The molecular formula is C18H21N5OS. The first-order valence-electron chi connectivity index (χ1n) is 8.19. The highest BCUT2D eigenvalue weighted by Crippen LogP contribution is 2.14. The van der Waals surface area contributed by atoms with Gasteiger partial charge < -0.3 is 5.32 Å². The number of hydrogen-bond acceptors (Lipinski definition) is 3. The minimum absolute atomic E-state index is 0.0764. The molecule has 25 heavy (non-hydrogen) atoms. The number of amides is 1. The lowest BCUT2D eigenvalue weighted by atomic mass is 10.1. The minimum atomic E-state index is -0.154. The van der Waals surface area contributed by atoms with Crippen molar-refractivity contribution >= 4 is 23.8 Å². The summed E-state index contributed by atoms with van der Waals surface area (Å²) in [7, 11) is 0. The number of benzene rings is 1. The van der Waals surface area contributed by atoms with Crippen LogP contribution in [0.4, 0.5) is 5.69 Å². The predicted molar refractivity (Wildman–Crippen MR) is 100 cm³/mol. The fourth-order valence-electron chi connectivity index (χ4n) is 2.61. The lowest BCUT2D eigenvalue weighted by Crippen LogP contribution is -2.20. The molecule has 1 aromatic carbocycles. The molecular weight excluding hydrogens is 334 g/mol. The van der Waals surface area contributed by atoms with Crippen molar-refractivity contribution in [1.29, 1.82) is 0 Å². The van der Waals surface area contributed by atoms with Gasteiger partial charge in [0.2, 0.25) is 10.7 Å². The highest BCUT2D eigenvalue weighted by atomic mass is 32.1. The topological polar surface area (TPSA) is 56.8 Å². The molecule has 0 aliphatic carbocycles. The Balaban J connectivity index is 1.82. The number of carbonyl (C=O) groups is 1. The second-order valence-corrected chi connectivity index (χ2v) is 6.30. The number of nitrogens with one attached hydrogen (secondary N) is 1. The second kappa shape index (κ2) is 7.06. The Morgan fingerprint density at radius 1 is 1.20 bits per heavy atom. The van der Waals surface area contributed by atoms with E-state index < -0.39 is 0 Å². The third-order valence-electron chi connectivity index (χ3n) is 4.10. The van der Waals surface area contributed by atoms with Crippen molar-refractivity contribution in [3.8, 4) is 0 Å². The van der Waals surface area contributed by atoms with Gasteiger partial charge in [0.15, 0.2) is 5.82 Å². The summed E-state index contributed by atoms with van der Waals surface area (Å²) < 4.78 is 5.75. The van der Waals surface area contributed by atoms with Crippen LogP contribution in [0.3, 0.4) is 0 Å². The summed E-state index contributed by atoms with van der Waals surface area (Å²) in [5, 5.41) is 7.40. The van der Waals surface area contributed by atoms with Gasteiger partial charge in [0.1, 0.15) is 6.54 Å². The summed E-state index contributed by atoms with van der Waals surface area (Å²) in [6.45, 7) is 6.15. The van der Waals surface area contributed by atoms with Crippen LogP contribution in [-0.2, 0) is 17.8 Å². The SMILES string of the molecule is CCc1nn(CC(=O)Nc2ccc(C)c(C)c2)c(=S)n1-n1cccc1. The van der Waals surface area contributed by atoms with Gasteiger partial charge in [0.05, 0.1) is 0 Å². The van der Waals surface area contributed by atoms with Gasteiger partial charge in [-0.3, -0.25) is 9.47 Å². The summed E-state index contributed by atoms with van der Waals surface area (Å²) in [5.74, 6) is 0.652. The van der Waals surface area contributed by atoms with Crippen LogP contribution in [0.25, 0.3) is 0 Å². The standard InChI is InChI=1S/C18H21N5OS/c1-4-16-20-22(18(25)23(16)21-9-5-6-10-21)12-17(24)19-15-8-7-13(2)14(3)11-15/h5-11H,4,12H2,1-3H3,(H,19,24). The maximum Gasteiger partial charge on any atom is 0.246 e. The molecule has 3 rings (SSSR count). The smallest absolute Gasteiger partial charge is 0.246 e. The summed E-state index contributed by atoms with van der Waals surface area (Å²) in [6, 6.07) is 9.69. The summed E-state index contributed by atoms with van der Waals surface area (Å²) >= 11 is 5.51. The van der Waals surface area contributed by atoms with Gasteiger partial charge in [0, 0.05) is 24.5 Å². The predicted octanol–water partition coefficient (Wildman–Crippen LogP) is 3.34. The van der Waals surface area contributed by atoms with Crippen LogP contribution in [0.2, 0.25) is 0 Å². The molecule has 2 aromatic heterocycles. The number of carbonyl (C=O) groups excluding carboxylic acids is 1. The molecule has 0 saturated heterocycles. The largest absolute Gasteiger partial charge is 0.324 e. The third-order valence-corrected chi connectivity index (χ3v) is 4.49. The molecule has 2 heterocycles. The average molecular weight is 355 g/mol. The molecule has 7 heteroatoms. The van der Waals surface area contributed by atoms with Gasteiger partial charge in [-0.2, -0.15) is 5.10 Å². The first-order chi connectivity index (χ1) is 12.0. The Kier molecular flexibility index (Phi) is 4.85. The van der Waals surface area contributed by atoms with Crippen molar-refractivity contribution in [3.05, 3.63) is 64.4 Å². The monoisotopic (exact) mass is 355 g/mol. The first-order valence-corrected chi connectivity index (χ1v) is 8.60. The van der Waals surface area contributed by atoms with Gasteiger partial charge in [0.25, 0.3) is 0 Å². The minimum Gasteiger partial charge on any atom is -0.324 e. The van der Waals surface area contributed by atoms with Gasteiger partial charge in [-0.05, 0) is 61.5 Å². The first kappa shape index (κ1) is 17.2. The van der Waals surface area contributed by atoms with E-state index in [1.807, 2.05) is 72.8 Å². The number of hydrogen-bond donors (Lipinski definition) is 1. The Bertz CT molecular complexity index is 953. The average Bonchev–Trinajstić information content (AvgIpc) is 3.19.